The predicted octanol–water partition coefficient (Wildman–Crippen LogP) is 7.26. The summed E-state index contributed by atoms with van der Waals surface area (Å²) in [4.78, 5) is 26.8. The lowest BCUT2D eigenvalue weighted by Crippen LogP contribution is -2.51. The largest absolute Gasteiger partial charge is 0.480 e. The van der Waals surface area contributed by atoms with Gasteiger partial charge in [-0.3, -0.25) is 9.59 Å². The van der Waals surface area contributed by atoms with Crippen LogP contribution in [0, 0.1) is 5.41 Å². The summed E-state index contributed by atoms with van der Waals surface area (Å²) in [6.45, 7) is -0.993. The molecule has 2 aliphatic carbocycles. The second-order valence-corrected chi connectivity index (χ2v) is 14.8. The molecule has 0 bridgehead atoms. The molecule has 252 valence electrons. The molecule has 0 radical (unpaired) electrons. The van der Waals surface area contributed by atoms with E-state index in [0.717, 1.165) is 11.0 Å². The fourth-order valence-electron chi connectivity index (χ4n) is 6.98. The number of amides is 1. The number of halogens is 8. The average molecular weight is 682 g/mol. The zero-order valence-corrected chi connectivity index (χ0v) is 25.2. The number of likely N-dealkylation sites (tertiary alicyclic amines) is 1. The number of aliphatic carboxylic acids is 1. The standard InChI is InChI=1S/C31H31F8NO5S/c32-27(14-5-15-27)22-6-4-7-23(18-22)46(44,45)28(16-17-40(19-28)24(41)26(25(42)43)12-2-1-3-13-26)20-8-10-21(11-9-20)29(33,30(34,35)36)31(37,38)39/h4,6-11,18H,1-3,5,12-17,19H2,(H,42,43). The molecule has 3 aliphatic rings. The Morgan fingerprint density at radius 3 is 1.85 bits per heavy atom. The van der Waals surface area contributed by atoms with E-state index in [1.54, 1.807) is 0 Å². The second kappa shape index (κ2) is 11.2. The molecule has 2 saturated carbocycles. The van der Waals surface area contributed by atoms with E-state index in [-0.39, 0.29) is 55.5 Å². The highest BCUT2D eigenvalue weighted by molar-refractivity contribution is 7.92. The summed E-state index contributed by atoms with van der Waals surface area (Å²) in [5, 5.41) is 10.1. The van der Waals surface area contributed by atoms with Crippen LogP contribution < -0.4 is 0 Å². The third kappa shape index (κ3) is 5.07. The van der Waals surface area contributed by atoms with Crippen LogP contribution in [0.3, 0.4) is 0 Å². The van der Waals surface area contributed by atoms with Crippen molar-refractivity contribution in [1.29, 1.82) is 0 Å². The predicted molar refractivity (Wildman–Crippen MR) is 148 cm³/mol. The summed E-state index contributed by atoms with van der Waals surface area (Å²) >= 11 is 0. The van der Waals surface area contributed by atoms with Crippen LogP contribution in [0.5, 0.6) is 0 Å². The first-order valence-electron chi connectivity index (χ1n) is 14.8. The third-order valence-corrected chi connectivity index (χ3v) is 12.4. The maximum absolute atomic E-state index is 15.3. The monoisotopic (exact) mass is 681 g/mol. The van der Waals surface area contributed by atoms with Crippen LogP contribution in [-0.4, -0.2) is 55.7 Å². The van der Waals surface area contributed by atoms with Gasteiger partial charge < -0.3 is 10.0 Å². The molecule has 0 aromatic heterocycles. The third-order valence-electron chi connectivity index (χ3n) is 9.96. The van der Waals surface area contributed by atoms with E-state index >= 15 is 4.39 Å². The first-order valence-corrected chi connectivity index (χ1v) is 16.2. The molecular formula is C31H31F8NO5S. The van der Waals surface area contributed by atoms with Crippen molar-refractivity contribution in [3.8, 4) is 0 Å². The lowest BCUT2D eigenvalue weighted by Gasteiger charge is -2.37. The number of sulfone groups is 1. The average Bonchev–Trinajstić information content (AvgIpc) is 3.46. The molecule has 6 nitrogen and oxygen atoms in total. The van der Waals surface area contributed by atoms with Crippen LogP contribution in [0.15, 0.2) is 53.4 Å². The summed E-state index contributed by atoms with van der Waals surface area (Å²) in [6, 6.07) is 6.70. The van der Waals surface area contributed by atoms with Crippen molar-refractivity contribution >= 4 is 21.7 Å². The molecule has 15 heteroatoms. The molecule has 1 N–H and O–H groups in total. The highest BCUT2D eigenvalue weighted by Gasteiger charge is 2.73. The molecule has 1 heterocycles. The van der Waals surface area contributed by atoms with Gasteiger partial charge in [-0.2, -0.15) is 26.3 Å². The van der Waals surface area contributed by atoms with Crippen molar-refractivity contribution in [3.63, 3.8) is 0 Å². The maximum atomic E-state index is 15.3. The van der Waals surface area contributed by atoms with Crippen LogP contribution in [0.1, 0.15) is 74.5 Å². The van der Waals surface area contributed by atoms with Gasteiger partial charge in [0, 0.05) is 18.7 Å². The van der Waals surface area contributed by atoms with Crippen LogP contribution in [0.2, 0.25) is 0 Å². The van der Waals surface area contributed by atoms with Gasteiger partial charge in [0.15, 0.2) is 9.84 Å². The Labute approximate surface area is 259 Å². The van der Waals surface area contributed by atoms with Crippen molar-refractivity contribution in [3.05, 3.63) is 65.2 Å². The Morgan fingerprint density at radius 2 is 1.35 bits per heavy atom. The van der Waals surface area contributed by atoms with Gasteiger partial charge in [-0.25, -0.2) is 17.2 Å². The molecule has 2 aromatic rings. The topological polar surface area (TPSA) is 91.8 Å². The Kier molecular flexibility index (Phi) is 8.30. The number of carboxylic acids is 1. The normalized spacial score (nSPS) is 23.5. The van der Waals surface area contributed by atoms with E-state index in [4.69, 9.17) is 0 Å². The smallest absolute Gasteiger partial charge is 0.435 e. The van der Waals surface area contributed by atoms with Gasteiger partial charge in [-0.1, -0.05) is 55.7 Å². The number of carbonyl (C=O) groups excluding carboxylic acids is 1. The molecule has 1 amide bonds. The number of hydrogen-bond donors (Lipinski definition) is 1. The second-order valence-electron chi connectivity index (χ2n) is 12.5. The van der Waals surface area contributed by atoms with Crippen LogP contribution in [0.4, 0.5) is 35.1 Å². The van der Waals surface area contributed by atoms with Gasteiger partial charge in [-0.05, 0) is 61.8 Å². The lowest BCUT2D eigenvalue weighted by molar-refractivity contribution is -0.348. The molecule has 0 spiro atoms. The first-order chi connectivity index (χ1) is 21.3. The van der Waals surface area contributed by atoms with Gasteiger partial charge >= 0.3 is 24.0 Å². The van der Waals surface area contributed by atoms with Gasteiger partial charge in [-0.15, -0.1) is 0 Å². The molecule has 1 saturated heterocycles. The zero-order valence-electron chi connectivity index (χ0n) is 24.4. The number of benzene rings is 2. The summed E-state index contributed by atoms with van der Waals surface area (Å²) in [5.41, 5.74) is -11.5. The van der Waals surface area contributed by atoms with Crippen LogP contribution in [-0.2, 0) is 35.5 Å². The Morgan fingerprint density at radius 1 is 0.761 bits per heavy atom. The highest BCUT2D eigenvalue weighted by atomic mass is 32.2. The fourth-order valence-corrected chi connectivity index (χ4v) is 9.10. The number of carboxylic acid groups (broad SMARTS) is 1. The number of alkyl halides is 8. The van der Waals surface area contributed by atoms with Gasteiger partial charge in [0.2, 0.25) is 5.91 Å². The summed E-state index contributed by atoms with van der Waals surface area (Å²) in [6.07, 6.45) is -10.8. The molecular weight excluding hydrogens is 650 g/mol. The first kappa shape index (κ1) is 34.1. The van der Waals surface area contributed by atoms with E-state index in [9.17, 15) is 53.8 Å². The van der Waals surface area contributed by atoms with E-state index in [1.165, 1.54) is 18.2 Å². The van der Waals surface area contributed by atoms with E-state index in [1.807, 2.05) is 0 Å². The fraction of sp³-hybridized carbons (Fsp3) is 0.548. The molecule has 1 atom stereocenters. The van der Waals surface area contributed by atoms with Gasteiger partial charge in [0.05, 0.1) is 4.90 Å². The minimum Gasteiger partial charge on any atom is -0.480 e. The van der Waals surface area contributed by atoms with E-state index in [0.29, 0.717) is 37.8 Å². The highest BCUT2D eigenvalue weighted by Crippen LogP contribution is 2.54. The maximum Gasteiger partial charge on any atom is 0.435 e. The van der Waals surface area contributed by atoms with E-state index in [2.05, 4.69) is 0 Å². The zero-order chi connectivity index (χ0) is 34.0. The number of nitrogens with zero attached hydrogens (tertiary/aromatic N) is 1. The quantitative estimate of drug-likeness (QED) is 0.246. The summed E-state index contributed by atoms with van der Waals surface area (Å²) in [7, 11) is -4.71. The summed E-state index contributed by atoms with van der Waals surface area (Å²) < 4.78 is 138. The molecule has 2 aromatic carbocycles. The molecule has 1 unspecified atom stereocenters. The lowest BCUT2D eigenvalue weighted by atomic mass is 9.73. The van der Waals surface area contributed by atoms with Crippen molar-refractivity contribution in [2.24, 2.45) is 5.41 Å². The Bertz CT molecular complexity index is 1600. The molecule has 46 heavy (non-hydrogen) atoms. The van der Waals surface area contributed by atoms with Crippen molar-refractivity contribution in [1.82, 2.24) is 4.90 Å². The number of rotatable bonds is 7. The van der Waals surface area contributed by atoms with Gasteiger partial charge in [0.1, 0.15) is 15.8 Å². The Hall–Kier alpha value is -3.23. The van der Waals surface area contributed by atoms with Gasteiger partial charge in [0.25, 0.3) is 0 Å². The van der Waals surface area contributed by atoms with Crippen LogP contribution >= 0.6 is 0 Å². The van der Waals surface area contributed by atoms with Crippen molar-refractivity contribution in [2.45, 2.75) is 91.1 Å². The number of hydrogen-bond acceptors (Lipinski definition) is 4. The number of carbonyl (C=O) groups is 2. The van der Waals surface area contributed by atoms with Crippen molar-refractivity contribution in [2.75, 3.05) is 13.1 Å². The molecule has 3 fully saturated rings. The van der Waals surface area contributed by atoms with E-state index < -0.39 is 79.0 Å². The molecule has 1 aliphatic heterocycles. The van der Waals surface area contributed by atoms with Crippen molar-refractivity contribution < 1.29 is 58.2 Å². The minimum absolute atomic E-state index is 0.000207. The minimum atomic E-state index is -6.40. The van der Waals surface area contributed by atoms with Crippen LogP contribution in [0.25, 0.3) is 0 Å². The molecule has 5 rings (SSSR count). The Balaban J connectivity index is 1.63. The SMILES string of the molecule is O=C(O)C1(C(=O)N2CCC(c3ccc(C(F)(C(F)(F)F)C(F)(F)F)cc3)(S(=O)(=O)c3cccc(C4(F)CCC4)c3)C2)CCCCC1. The summed E-state index contributed by atoms with van der Waals surface area (Å²) in [5.74, 6) is -2.24.